The van der Waals surface area contributed by atoms with Crippen molar-refractivity contribution in [3.63, 3.8) is 0 Å². The molecule has 2 nitrogen and oxygen atoms in total. The second kappa shape index (κ2) is 8.08. The van der Waals surface area contributed by atoms with Crippen LogP contribution in [0.25, 0.3) is 82.0 Å². The van der Waals surface area contributed by atoms with Crippen molar-refractivity contribution < 1.29 is 0 Å². The number of nitrogens with zero attached hydrogens (tertiary/aromatic N) is 1. The predicted octanol–water partition coefficient (Wildman–Crippen LogP) is 10.4. The van der Waals surface area contributed by atoms with E-state index in [9.17, 15) is 0 Å². The molecule has 9 rings (SSSR count). The van der Waals surface area contributed by atoms with Gasteiger partial charge in [0.05, 0.1) is 16.7 Å². The molecule has 7 aromatic carbocycles. The standard InChI is InChI=1S/C38H24N2/c1-2-12-26-24(10-1)11-9-19-35(26)40-36-18-8-6-16-30(36)38-29-15-4-3-13-27(29)31(23-37(38)40)25-20-21-34-32(22-25)28-14-5-7-17-33(28)39-34/h1-23,39H. The normalized spacial score (nSPS) is 12.0. The number of benzene rings is 7. The van der Waals surface area contributed by atoms with Gasteiger partial charge in [0.25, 0.3) is 0 Å². The van der Waals surface area contributed by atoms with Crippen LogP contribution in [0.4, 0.5) is 0 Å². The molecule has 9 aromatic rings. The van der Waals surface area contributed by atoms with Crippen molar-refractivity contribution in [1.29, 1.82) is 0 Å². The lowest BCUT2D eigenvalue weighted by molar-refractivity contribution is 1.20. The van der Waals surface area contributed by atoms with Crippen LogP contribution in [0.1, 0.15) is 0 Å². The highest BCUT2D eigenvalue weighted by Gasteiger charge is 2.19. The number of aromatic nitrogens is 2. The fraction of sp³-hybridized carbons (Fsp3) is 0. The van der Waals surface area contributed by atoms with Gasteiger partial charge in [0.15, 0.2) is 0 Å². The molecular formula is C38H24N2. The summed E-state index contributed by atoms with van der Waals surface area (Å²) in [5, 5.41) is 10.1. The lowest BCUT2D eigenvalue weighted by Crippen LogP contribution is -1.95. The molecule has 2 aromatic heterocycles. The minimum Gasteiger partial charge on any atom is -0.355 e. The van der Waals surface area contributed by atoms with Crippen molar-refractivity contribution in [2.45, 2.75) is 0 Å². The largest absolute Gasteiger partial charge is 0.355 e. The number of aromatic amines is 1. The maximum Gasteiger partial charge on any atom is 0.0553 e. The van der Waals surface area contributed by atoms with Gasteiger partial charge in [-0.15, -0.1) is 0 Å². The summed E-state index contributed by atoms with van der Waals surface area (Å²) in [4.78, 5) is 3.58. The fourth-order valence-electron chi connectivity index (χ4n) is 6.75. The van der Waals surface area contributed by atoms with E-state index < -0.39 is 0 Å². The highest BCUT2D eigenvalue weighted by molar-refractivity contribution is 6.25. The number of hydrogen-bond donors (Lipinski definition) is 1. The molecule has 0 saturated heterocycles. The van der Waals surface area contributed by atoms with Gasteiger partial charge in [0.1, 0.15) is 0 Å². The molecule has 2 heteroatoms. The van der Waals surface area contributed by atoms with Gasteiger partial charge in [-0.3, -0.25) is 0 Å². The van der Waals surface area contributed by atoms with Crippen LogP contribution in [0.15, 0.2) is 140 Å². The first-order valence-electron chi connectivity index (χ1n) is 13.8. The number of para-hydroxylation sites is 2. The predicted molar refractivity (Wildman–Crippen MR) is 171 cm³/mol. The fourth-order valence-corrected chi connectivity index (χ4v) is 6.75. The van der Waals surface area contributed by atoms with E-state index in [0.717, 1.165) is 0 Å². The maximum absolute atomic E-state index is 3.58. The Kier molecular flexibility index (Phi) is 4.36. The first kappa shape index (κ1) is 21.6. The Morgan fingerprint density at radius 3 is 2.00 bits per heavy atom. The van der Waals surface area contributed by atoms with Crippen LogP contribution < -0.4 is 0 Å². The van der Waals surface area contributed by atoms with Crippen molar-refractivity contribution in [2.75, 3.05) is 0 Å². The molecule has 0 amide bonds. The van der Waals surface area contributed by atoms with E-state index in [0.29, 0.717) is 0 Å². The summed E-state index contributed by atoms with van der Waals surface area (Å²) in [6.07, 6.45) is 0. The number of hydrogen-bond acceptors (Lipinski definition) is 0. The zero-order valence-corrected chi connectivity index (χ0v) is 21.7. The molecule has 1 N–H and O–H groups in total. The minimum absolute atomic E-state index is 1.17. The smallest absolute Gasteiger partial charge is 0.0553 e. The molecule has 186 valence electrons. The second-order valence-corrected chi connectivity index (χ2v) is 10.6. The molecule has 0 aliphatic rings. The quantitative estimate of drug-likeness (QED) is 0.240. The van der Waals surface area contributed by atoms with Gasteiger partial charge in [0, 0.05) is 38.0 Å². The molecule has 0 fully saturated rings. The van der Waals surface area contributed by atoms with Crippen LogP contribution in [0.3, 0.4) is 0 Å². The number of nitrogens with one attached hydrogen (secondary N) is 1. The summed E-state index contributed by atoms with van der Waals surface area (Å²) in [7, 11) is 0. The van der Waals surface area contributed by atoms with Crippen LogP contribution >= 0.6 is 0 Å². The monoisotopic (exact) mass is 508 g/mol. The van der Waals surface area contributed by atoms with E-state index in [2.05, 4.69) is 149 Å². The van der Waals surface area contributed by atoms with Gasteiger partial charge in [-0.05, 0) is 63.7 Å². The lowest BCUT2D eigenvalue weighted by Gasteiger charge is -2.14. The summed E-state index contributed by atoms with van der Waals surface area (Å²) < 4.78 is 2.47. The average Bonchev–Trinajstić information content (AvgIpc) is 3.56. The van der Waals surface area contributed by atoms with Crippen molar-refractivity contribution in [3.8, 4) is 16.8 Å². The lowest BCUT2D eigenvalue weighted by atomic mass is 9.94. The number of fused-ring (bicyclic) bond motifs is 9. The minimum atomic E-state index is 1.17. The molecule has 40 heavy (non-hydrogen) atoms. The average molecular weight is 509 g/mol. The van der Waals surface area contributed by atoms with Gasteiger partial charge >= 0.3 is 0 Å². The Morgan fingerprint density at radius 2 is 1.10 bits per heavy atom. The van der Waals surface area contributed by atoms with E-state index in [1.807, 2.05) is 0 Å². The Labute approximate surface area is 230 Å². The third-order valence-corrected chi connectivity index (χ3v) is 8.50. The Balaban J connectivity index is 1.45. The molecule has 0 bridgehead atoms. The van der Waals surface area contributed by atoms with Gasteiger partial charge in [-0.25, -0.2) is 0 Å². The third-order valence-electron chi connectivity index (χ3n) is 8.50. The van der Waals surface area contributed by atoms with Crippen LogP contribution in [-0.2, 0) is 0 Å². The molecule has 0 unspecified atom stereocenters. The first-order valence-corrected chi connectivity index (χ1v) is 13.8. The maximum atomic E-state index is 3.58. The molecule has 0 saturated carbocycles. The number of rotatable bonds is 2. The zero-order valence-electron chi connectivity index (χ0n) is 21.7. The van der Waals surface area contributed by atoms with Crippen LogP contribution in [0.2, 0.25) is 0 Å². The summed E-state index contributed by atoms with van der Waals surface area (Å²) in [5.74, 6) is 0. The van der Waals surface area contributed by atoms with E-state index in [1.54, 1.807) is 0 Å². The summed E-state index contributed by atoms with van der Waals surface area (Å²) in [6.45, 7) is 0. The van der Waals surface area contributed by atoms with E-state index in [4.69, 9.17) is 0 Å². The highest BCUT2D eigenvalue weighted by atomic mass is 15.0. The topological polar surface area (TPSA) is 20.7 Å². The molecule has 0 radical (unpaired) electrons. The third kappa shape index (κ3) is 2.93. The summed E-state index contributed by atoms with van der Waals surface area (Å²) in [5.41, 5.74) is 8.47. The molecular weight excluding hydrogens is 484 g/mol. The van der Waals surface area contributed by atoms with Crippen LogP contribution in [0, 0.1) is 0 Å². The van der Waals surface area contributed by atoms with E-state index in [1.165, 1.54) is 82.0 Å². The van der Waals surface area contributed by atoms with Gasteiger partial charge in [-0.1, -0.05) is 103 Å². The zero-order chi connectivity index (χ0) is 26.2. The Bertz CT molecular complexity index is 2430. The van der Waals surface area contributed by atoms with Gasteiger partial charge < -0.3 is 9.55 Å². The van der Waals surface area contributed by atoms with E-state index in [-0.39, 0.29) is 0 Å². The molecule has 0 spiro atoms. The van der Waals surface area contributed by atoms with Crippen molar-refractivity contribution in [1.82, 2.24) is 9.55 Å². The van der Waals surface area contributed by atoms with Crippen LogP contribution in [-0.4, -0.2) is 9.55 Å². The molecule has 0 atom stereocenters. The summed E-state index contributed by atoms with van der Waals surface area (Å²) >= 11 is 0. The summed E-state index contributed by atoms with van der Waals surface area (Å²) in [6, 6.07) is 50.8. The molecule has 0 aliphatic carbocycles. The Morgan fingerprint density at radius 1 is 0.425 bits per heavy atom. The Hall–Kier alpha value is -5.34. The van der Waals surface area contributed by atoms with E-state index >= 15 is 0 Å². The molecule has 2 heterocycles. The first-order chi connectivity index (χ1) is 19.8. The highest BCUT2D eigenvalue weighted by Crippen LogP contribution is 2.43. The van der Waals surface area contributed by atoms with Crippen molar-refractivity contribution in [2.24, 2.45) is 0 Å². The van der Waals surface area contributed by atoms with Gasteiger partial charge in [-0.2, -0.15) is 0 Å². The van der Waals surface area contributed by atoms with Crippen molar-refractivity contribution in [3.05, 3.63) is 140 Å². The number of H-pyrrole nitrogens is 1. The van der Waals surface area contributed by atoms with Gasteiger partial charge in [0.2, 0.25) is 0 Å². The van der Waals surface area contributed by atoms with Crippen LogP contribution in [0.5, 0.6) is 0 Å². The van der Waals surface area contributed by atoms with Crippen molar-refractivity contribution >= 4 is 65.2 Å². The second-order valence-electron chi connectivity index (χ2n) is 10.6. The SMILES string of the molecule is c1ccc2c(-n3c4ccccc4c4c5ccccc5c(-c5ccc6[nH]c7ccccc7c6c5)cc43)cccc2c1. The molecule has 0 aliphatic heterocycles.